The molecule has 10 nitrogen and oxygen atoms in total. The van der Waals surface area contributed by atoms with Gasteiger partial charge in [0.15, 0.2) is 11.5 Å². The molecular formula is C32H37FN6O4Si-. The van der Waals surface area contributed by atoms with E-state index in [-0.39, 0.29) is 37.4 Å². The monoisotopic (exact) mass is 616 g/mol. The molecule has 12 heteroatoms. The summed E-state index contributed by atoms with van der Waals surface area (Å²) in [6.45, 7) is 13.1. The van der Waals surface area contributed by atoms with Gasteiger partial charge in [-0.15, -0.1) is 14.1 Å². The van der Waals surface area contributed by atoms with Gasteiger partial charge in [-0.3, -0.25) is 9.69 Å². The van der Waals surface area contributed by atoms with Crippen LogP contribution in [0, 0.1) is 5.82 Å². The first-order chi connectivity index (χ1) is 20.9. The largest absolute Gasteiger partial charge is 0.463 e. The van der Waals surface area contributed by atoms with Gasteiger partial charge in [-0.05, 0) is 45.0 Å². The molecule has 0 unspecified atom stereocenters. The Labute approximate surface area is 256 Å². The maximum atomic E-state index is 14.6. The molecule has 231 valence electrons. The molecule has 44 heavy (non-hydrogen) atoms. The molecule has 3 aromatic heterocycles. The Morgan fingerprint density at radius 3 is 2.61 bits per heavy atom. The summed E-state index contributed by atoms with van der Waals surface area (Å²) >= 11 is 0. The molecule has 5 rings (SSSR count). The number of halogens is 1. The molecule has 0 saturated heterocycles. The molecule has 4 aromatic rings. The molecule has 4 heterocycles. The van der Waals surface area contributed by atoms with E-state index in [1.807, 2.05) is 19.9 Å². The van der Waals surface area contributed by atoms with E-state index in [1.165, 1.54) is 17.0 Å². The Morgan fingerprint density at radius 2 is 1.89 bits per heavy atom. The van der Waals surface area contributed by atoms with Gasteiger partial charge in [-0.2, -0.15) is 24.7 Å². The quantitative estimate of drug-likeness (QED) is 0.0928. The van der Waals surface area contributed by atoms with Crippen LogP contribution >= 0.6 is 0 Å². The highest BCUT2D eigenvalue weighted by molar-refractivity contribution is 6.76. The molecule has 1 aromatic carbocycles. The predicted molar refractivity (Wildman–Crippen MR) is 169 cm³/mol. The lowest BCUT2D eigenvalue weighted by molar-refractivity contribution is -0.137. The lowest BCUT2D eigenvalue weighted by atomic mass is 9.85. The van der Waals surface area contributed by atoms with Crippen molar-refractivity contribution in [2.75, 3.05) is 24.8 Å². The second kappa shape index (κ2) is 12.4. The third-order valence-corrected chi connectivity index (χ3v) is 9.16. The van der Waals surface area contributed by atoms with Gasteiger partial charge in [0.1, 0.15) is 24.1 Å². The number of esters is 1. The van der Waals surface area contributed by atoms with E-state index in [0.717, 1.165) is 6.04 Å². The Balaban J connectivity index is 1.64. The molecule has 0 radical (unpaired) electrons. The van der Waals surface area contributed by atoms with Crippen LogP contribution in [0.2, 0.25) is 25.7 Å². The van der Waals surface area contributed by atoms with Gasteiger partial charge in [-0.1, -0.05) is 18.2 Å². The first-order valence-electron chi connectivity index (χ1n) is 14.6. The fourth-order valence-electron chi connectivity index (χ4n) is 5.09. The van der Waals surface area contributed by atoms with Crippen LogP contribution in [0.4, 0.5) is 10.2 Å². The highest BCUT2D eigenvalue weighted by atomic mass is 28.3. The number of nitrogens with zero attached hydrogens (tertiary/aromatic N) is 6. The Kier molecular flexibility index (Phi) is 8.75. The van der Waals surface area contributed by atoms with Crippen LogP contribution in [0.25, 0.3) is 28.6 Å². The van der Waals surface area contributed by atoms with E-state index in [1.54, 1.807) is 48.1 Å². The van der Waals surface area contributed by atoms with E-state index in [4.69, 9.17) is 24.5 Å². The number of pyridine rings is 1. The third kappa shape index (κ3) is 6.31. The minimum Gasteiger partial charge on any atom is -0.463 e. The van der Waals surface area contributed by atoms with Crippen molar-refractivity contribution in [3.8, 4) is 11.5 Å². The summed E-state index contributed by atoms with van der Waals surface area (Å²) < 4.78 is 27.3. The summed E-state index contributed by atoms with van der Waals surface area (Å²) in [5, 5.41) is 5.44. The molecule has 0 N–H and O–H groups in total. The number of aromatic nitrogens is 5. The third-order valence-electron chi connectivity index (χ3n) is 7.46. The second-order valence-corrected chi connectivity index (χ2v) is 18.0. The standard InChI is InChI=1S/C32H37FN6O4Si/c1-7-43-25(40)15-14-24-26-30(38(31(41)32(26,2)3)20-42-17-18-44(4,5)6)36-28(35-24)27-22-12-10-16-34-29(22)39(37-27)19-21-11-8-9-13-23(21)33/h8-16H,7,17-20H2,1-6H3/q-1/b15-14+. The van der Waals surface area contributed by atoms with Crippen molar-refractivity contribution in [3.05, 3.63) is 71.3 Å². The number of ether oxygens (including phenoxy) is 2. The molecule has 0 spiro atoms. The van der Waals surface area contributed by atoms with E-state index in [2.05, 4.69) is 24.6 Å². The van der Waals surface area contributed by atoms with E-state index in [9.17, 15) is 14.0 Å². The van der Waals surface area contributed by atoms with E-state index >= 15 is 0 Å². The lowest BCUT2D eigenvalue weighted by Gasteiger charge is -2.27. The number of rotatable bonds is 11. The van der Waals surface area contributed by atoms with Gasteiger partial charge < -0.3 is 9.47 Å². The number of hydrogen-bond acceptors (Lipinski definition) is 8. The molecule has 1 amide bonds. The highest BCUT2D eigenvalue weighted by Crippen LogP contribution is 2.43. The molecule has 0 aliphatic carbocycles. The normalized spacial score (nSPS) is 14.5. The fraction of sp³-hybridized carbons (Fsp3) is 0.375. The summed E-state index contributed by atoms with van der Waals surface area (Å²) in [5.41, 5.74) is 1.38. The zero-order valence-electron chi connectivity index (χ0n) is 25.9. The number of fused-ring (bicyclic) bond motifs is 2. The number of anilines is 1. The summed E-state index contributed by atoms with van der Waals surface area (Å²) in [5.74, 6) is -0.440. The molecule has 0 fully saturated rings. The zero-order valence-corrected chi connectivity index (χ0v) is 26.9. The molecule has 0 bridgehead atoms. The predicted octanol–water partition coefficient (Wildman–Crippen LogP) is 5.59. The number of benzene rings is 1. The minimum absolute atomic E-state index is 0.0290. The fourth-order valence-corrected chi connectivity index (χ4v) is 5.85. The van der Waals surface area contributed by atoms with E-state index < -0.39 is 19.5 Å². The topological polar surface area (TPSA) is 112 Å². The highest BCUT2D eigenvalue weighted by Gasteiger charge is 2.47. The maximum absolute atomic E-state index is 14.6. The number of amides is 1. The Bertz CT molecular complexity index is 1750. The summed E-state index contributed by atoms with van der Waals surface area (Å²) in [6.07, 6.45) is 4.48. The number of hydrogen-bond donors (Lipinski definition) is 0. The van der Waals surface area contributed by atoms with Crippen molar-refractivity contribution in [1.82, 2.24) is 24.7 Å². The summed E-state index contributed by atoms with van der Waals surface area (Å²) in [7, 11) is -1.34. The van der Waals surface area contributed by atoms with Crippen LogP contribution in [-0.4, -0.2) is 64.6 Å². The van der Waals surface area contributed by atoms with Crippen LogP contribution in [0.3, 0.4) is 0 Å². The Hall–Kier alpha value is -4.29. The molecule has 1 aliphatic rings. The SMILES string of the molecule is CCOC(=O)/C=C/c1nc(-c2nn(Cc3ccccc3F)c3ncccc23)nc2c1C(C)(C)C(=O)N2COCC[Si-](C)(C)C. The van der Waals surface area contributed by atoms with Gasteiger partial charge in [-0.25, -0.2) is 28.8 Å². The second-order valence-electron chi connectivity index (χ2n) is 12.4. The maximum Gasteiger partial charge on any atom is 0.330 e. The van der Waals surface area contributed by atoms with Gasteiger partial charge in [0.05, 0.1) is 29.6 Å². The lowest BCUT2D eigenvalue weighted by Crippen LogP contribution is -2.38. The van der Waals surface area contributed by atoms with Crippen molar-refractivity contribution in [2.24, 2.45) is 0 Å². The Morgan fingerprint density at radius 1 is 1.11 bits per heavy atom. The molecule has 0 atom stereocenters. The van der Waals surface area contributed by atoms with Crippen molar-refractivity contribution in [2.45, 2.75) is 58.4 Å². The molecular weight excluding hydrogens is 579 g/mol. The van der Waals surface area contributed by atoms with Crippen LogP contribution in [0.1, 0.15) is 37.6 Å². The van der Waals surface area contributed by atoms with Gasteiger partial charge in [0, 0.05) is 30.0 Å². The molecule has 0 saturated carbocycles. The van der Waals surface area contributed by atoms with Crippen LogP contribution in [-0.2, 0) is 31.0 Å². The van der Waals surface area contributed by atoms with Crippen molar-refractivity contribution in [1.29, 1.82) is 0 Å². The zero-order chi connectivity index (χ0) is 31.6. The number of carbonyl (C=O) groups is 2. The molecule has 1 aliphatic heterocycles. The van der Waals surface area contributed by atoms with E-state index in [0.29, 0.717) is 46.0 Å². The summed E-state index contributed by atoms with van der Waals surface area (Å²) in [4.78, 5) is 41.8. The smallest absolute Gasteiger partial charge is 0.330 e. The van der Waals surface area contributed by atoms with Crippen molar-refractivity contribution in [3.63, 3.8) is 0 Å². The first-order valence-corrected chi connectivity index (χ1v) is 18.3. The summed E-state index contributed by atoms with van der Waals surface area (Å²) in [6, 6.07) is 11.1. The van der Waals surface area contributed by atoms with Crippen LogP contribution in [0.5, 0.6) is 0 Å². The van der Waals surface area contributed by atoms with Crippen molar-refractivity contribution >= 4 is 42.9 Å². The van der Waals surface area contributed by atoms with Crippen molar-refractivity contribution < 1.29 is 23.5 Å². The van der Waals surface area contributed by atoms with Crippen LogP contribution < -0.4 is 4.90 Å². The number of carbonyl (C=O) groups excluding carboxylic acids is 2. The van der Waals surface area contributed by atoms with Gasteiger partial charge in [0.2, 0.25) is 5.91 Å². The van der Waals surface area contributed by atoms with Gasteiger partial charge >= 0.3 is 5.97 Å². The minimum atomic E-state index is -1.34. The van der Waals surface area contributed by atoms with Crippen LogP contribution in [0.15, 0.2) is 48.7 Å². The average molecular weight is 617 g/mol. The van der Waals surface area contributed by atoms with Gasteiger partial charge in [0.25, 0.3) is 0 Å². The average Bonchev–Trinajstić information content (AvgIpc) is 3.43. The first kappa shape index (κ1) is 31.1.